The summed E-state index contributed by atoms with van der Waals surface area (Å²) in [4.78, 5) is 6.41. The van der Waals surface area contributed by atoms with Crippen LogP contribution in [0, 0.1) is 0 Å². The molecule has 3 nitrogen and oxygen atoms in total. The highest BCUT2D eigenvalue weighted by Crippen LogP contribution is 2.49. The highest BCUT2D eigenvalue weighted by atomic mass is 32.1. The van der Waals surface area contributed by atoms with E-state index in [0.717, 1.165) is 86.6 Å². The summed E-state index contributed by atoms with van der Waals surface area (Å²) in [6, 6.07) is 82.5. The highest BCUT2D eigenvalue weighted by Gasteiger charge is 2.23. The second-order valence-electron chi connectivity index (χ2n) is 17.4. The lowest BCUT2D eigenvalue weighted by atomic mass is 10.00. The van der Waals surface area contributed by atoms with Crippen molar-refractivity contribution in [3.05, 3.63) is 273 Å². The predicted molar refractivity (Wildman–Crippen MR) is 301 cm³/mol. The lowest BCUT2D eigenvalue weighted by Crippen LogP contribution is -2.13. The van der Waals surface area contributed by atoms with Crippen molar-refractivity contribution in [2.24, 2.45) is 0 Å². The number of rotatable bonds is 10. The van der Waals surface area contributed by atoms with Gasteiger partial charge in [0.2, 0.25) is 0 Å². The molecule has 0 aliphatic rings. The summed E-state index contributed by atoms with van der Waals surface area (Å²) in [5.74, 6) is 0. The third-order valence-corrected chi connectivity index (χ3v) is 14.3. The second-order valence-corrected chi connectivity index (χ2v) is 18.5. The van der Waals surface area contributed by atoms with Gasteiger partial charge < -0.3 is 14.7 Å². The fourth-order valence-corrected chi connectivity index (χ4v) is 11.1. The van der Waals surface area contributed by atoms with E-state index in [1.807, 2.05) is 71.6 Å². The molecule has 12 aromatic carbocycles. The Hall–Kier alpha value is -8.96. The molecule has 0 radical (unpaired) electrons. The van der Waals surface area contributed by atoms with E-state index in [-0.39, 0.29) is 17.8 Å². The first-order valence-corrected chi connectivity index (χ1v) is 24.2. The Bertz CT molecular complexity index is 4270. The van der Waals surface area contributed by atoms with Crippen molar-refractivity contribution in [1.82, 2.24) is 0 Å². The van der Waals surface area contributed by atoms with Crippen molar-refractivity contribution in [3.63, 3.8) is 0 Å². The first-order valence-electron chi connectivity index (χ1n) is 25.9. The van der Waals surface area contributed by atoms with Gasteiger partial charge in [-0.15, -0.1) is 11.3 Å². The molecule has 0 unspecified atom stereocenters. The van der Waals surface area contributed by atoms with Gasteiger partial charge in [-0.25, -0.2) is 0 Å². The van der Waals surface area contributed by atoms with Gasteiger partial charge in [0.05, 0.1) is 18.2 Å². The van der Waals surface area contributed by atoms with E-state index in [4.69, 9.17) is 4.11 Å². The maximum atomic E-state index is 9.49. The highest BCUT2D eigenvalue weighted by molar-refractivity contribution is 7.26. The zero-order valence-corrected chi connectivity index (χ0v) is 38.7. The Labute approximate surface area is 418 Å². The Kier molecular flexibility index (Phi) is 9.09. The van der Waals surface area contributed by atoms with E-state index < -0.39 is 18.1 Å². The summed E-state index contributed by atoms with van der Waals surface area (Å²) in [6.07, 6.45) is 0. The molecule has 0 spiro atoms. The van der Waals surface area contributed by atoms with Crippen molar-refractivity contribution < 1.29 is 6.85 Å². The van der Waals surface area contributed by atoms with Gasteiger partial charge in [-0.2, -0.15) is 0 Å². The molecule has 1 heterocycles. The van der Waals surface area contributed by atoms with Gasteiger partial charge in [-0.05, 0) is 141 Å². The molecule has 70 heavy (non-hydrogen) atoms. The number of nitrogens with zero attached hydrogens (tertiary/aromatic N) is 3. The average Bonchev–Trinajstić information content (AvgIpc) is 3.89. The Balaban J connectivity index is 1.02. The first kappa shape index (κ1) is 36.1. The van der Waals surface area contributed by atoms with Crippen LogP contribution in [0.25, 0.3) is 63.6 Å². The van der Waals surface area contributed by atoms with E-state index in [2.05, 4.69) is 186 Å². The molecule has 13 rings (SSSR count). The van der Waals surface area contributed by atoms with Crippen LogP contribution in [0.4, 0.5) is 51.2 Å². The van der Waals surface area contributed by atoms with Gasteiger partial charge in [-0.3, -0.25) is 0 Å². The average molecular weight is 917 g/mol. The van der Waals surface area contributed by atoms with E-state index in [1.165, 1.54) is 11.1 Å². The quantitative estimate of drug-likeness (QED) is 0.135. The topological polar surface area (TPSA) is 9.72 Å². The molecule has 1 aromatic heterocycles. The Morgan fingerprint density at radius 1 is 0.286 bits per heavy atom. The van der Waals surface area contributed by atoms with E-state index in [1.54, 1.807) is 11.3 Å². The van der Waals surface area contributed by atoms with Gasteiger partial charge in [0.25, 0.3) is 0 Å². The zero-order valence-electron chi connectivity index (χ0n) is 42.8. The molecule has 0 atom stereocenters. The molecule has 0 saturated carbocycles. The van der Waals surface area contributed by atoms with Crippen LogP contribution >= 0.6 is 11.3 Å². The Morgan fingerprint density at radius 3 is 1.59 bits per heavy atom. The minimum atomic E-state index is -0.446. The van der Waals surface area contributed by atoms with Gasteiger partial charge in [0.15, 0.2) is 0 Å². The summed E-state index contributed by atoms with van der Waals surface area (Å²) in [6.45, 7) is 0. The number of hydrogen-bond acceptors (Lipinski definition) is 4. The molecule has 0 aliphatic carbocycles. The summed E-state index contributed by atoms with van der Waals surface area (Å²) in [5, 5.41) is 8.48. The maximum absolute atomic E-state index is 9.49. The van der Waals surface area contributed by atoms with Crippen molar-refractivity contribution in [2.45, 2.75) is 0 Å². The first-order chi connectivity index (χ1) is 36.8. The smallest absolute Gasteiger partial charge is 0.0645 e. The lowest BCUT2D eigenvalue weighted by Gasteiger charge is -2.30. The van der Waals surface area contributed by atoms with E-state index in [9.17, 15) is 2.74 Å². The van der Waals surface area contributed by atoms with Crippen LogP contribution in [0.1, 0.15) is 6.85 Å². The lowest BCUT2D eigenvalue weighted by molar-refractivity contribution is 1.26. The third kappa shape index (κ3) is 7.48. The molecule has 13 aromatic rings. The van der Waals surface area contributed by atoms with Crippen LogP contribution in [0.15, 0.2) is 273 Å². The van der Waals surface area contributed by atoms with Crippen molar-refractivity contribution in [2.75, 3.05) is 14.7 Å². The number of fused-ring (bicyclic) bond motifs is 6. The van der Waals surface area contributed by atoms with Crippen molar-refractivity contribution in [3.8, 4) is 11.1 Å². The number of hydrogen-bond donors (Lipinski definition) is 0. The zero-order chi connectivity index (χ0) is 50.7. The standard InChI is InChI=1S/C66H45N3S/c1-5-18-46(19-6-1)49-32-33-51-42-57(37-35-50(51)40-49)69(56-36-34-47-20-13-14-21-48(47)41-56)62-30-17-31-64-66(62)61-39-38-58(45-65(61)70-64)68(55-27-11-4-12-28-55)63-44-59(43-52-22-15-16-29-60(52)63)67(53-23-7-2-8-24-53)54-25-9-3-10-26-54/h1-45H/i4D,11D,12D,27D,28D. The van der Waals surface area contributed by atoms with E-state index >= 15 is 0 Å². The molecule has 330 valence electrons. The predicted octanol–water partition coefficient (Wildman–Crippen LogP) is 19.6. The summed E-state index contributed by atoms with van der Waals surface area (Å²) < 4.78 is 47.6. The molecule has 0 amide bonds. The molecule has 4 heteroatoms. The fraction of sp³-hybridized carbons (Fsp3) is 0. The largest absolute Gasteiger partial charge is 0.310 e. The van der Waals surface area contributed by atoms with Crippen LogP contribution in [0.3, 0.4) is 0 Å². The third-order valence-electron chi connectivity index (χ3n) is 13.2. The molecule has 0 aliphatic heterocycles. The van der Waals surface area contributed by atoms with Gasteiger partial charge >= 0.3 is 0 Å². The summed E-state index contributed by atoms with van der Waals surface area (Å²) in [7, 11) is 0. The summed E-state index contributed by atoms with van der Waals surface area (Å²) >= 11 is 1.67. The molecule has 0 N–H and O–H groups in total. The van der Waals surface area contributed by atoms with Gasteiger partial charge in [0, 0.05) is 65.4 Å². The minimum Gasteiger partial charge on any atom is -0.310 e. The number of benzene rings is 12. The fourth-order valence-electron chi connectivity index (χ4n) is 9.98. The van der Waals surface area contributed by atoms with Crippen LogP contribution in [-0.4, -0.2) is 0 Å². The second kappa shape index (κ2) is 17.6. The van der Waals surface area contributed by atoms with Crippen molar-refractivity contribution in [1.29, 1.82) is 0 Å². The van der Waals surface area contributed by atoms with Crippen LogP contribution in [0.2, 0.25) is 0 Å². The van der Waals surface area contributed by atoms with Crippen LogP contribution in [0.5, 0.6) is 0 Å². The van der Waals surface area contributed by atoms with Gasteiger partial charge in [0.1, 0.15) is 0 Å². The van der Waals surface area contributed by atoms with Crippen molar-refractivity contribution >= 4 is 115 Å². The van der Waals surface area contributed by atoms with Crippen LogP contribution in [-0.2, 0) is 0 Å². The molecular weight excluding hydrogens is 867 g/mol. The van der Waals surface area contributed by atoms with E-state index in [0.29, 0.717) is 11.4 Å². The number of para-hydroxylation sites is 3. The molecular formula is C66H45N3S. The Morgan fingerprint density at radius 2 is 0.843 bits per heavy atom. The number of anilines is 9. The van der Waals surface area contributed by atoms with Crippen LogP contribution < -0.4 is 14.7 Å². The molecule has 0 saturated heterocycles. The molecule has 0 fully saturated rings. The minimum absolute atomic E-state index is 0.0603. The molecule has 0 bridgehead atoms. The maximum Gasteiger partial charge on any atom is 0.0645 e. The monoisotopic (exact) mass is 916 g/mol. The normalized spacial score (nSPS) is 12.4. The summed E-state index contributed by atoms with van der Waals surface area (Å²) in [5.41, 5.74) is 9.51. The van der Waals surface area contributed by atoms with Gasteiger partial charge in [-0.1, -0.05) is 170 Å². The number of thiophene rings is 1. The SMILES string of the molecule is [2H]c1c([2H])c([2H])c(N(c2ccc3c(c2)sc2cccc(N(c4ccc5ccccc5c4)c4ccc5cc(-c6ccccc6)ccc5c4)c23)c2cc(N(c3ccccc3)c3ccccc3)cc3ccccc23)c([2H])c1[2H].